The summed E-state index contributed by atoms with van der Waals surface area (Å²) >= 11 is 3.05. The molecule has 12 heteroatoms. The van der Waals surface area contributed by atoms with Crippen LogP contribution in [-0.2, 0) is 20.7 Å². The van der Waals surface area contributed by atoms with Crippen molar-refractivity contribution in [3.63, 3.8) is 0 Å². The van der Waals surface area contributed by atoms with Crippen LogP contribution >= 0.6 is 15.9 Å². The summed E-state index contributed by atoms with van der Waals surface area (Å²) in [7, 11) is 0. The highest BCUT2D eigenvalue weighted by atomic mass is 79.9. The number of hydrogen-bond acceptors (Lipinski definition) is 11. The number of halogens is 1. The highest BCUT2D eigenvalue weighted by molar-refractivity contribution is 9.09. The van der Waals surface area contributed by atoms with Crippen molar-refractivity contribution >= 4 is 33.3 Å². The van der Waals surface area contributed by atoms with Gasteiger partial charge in [-0.1, -0.05) is 28.1 Å². The number of ether oxygens (including phenoxy) is 2. The Bertz CT molecular complexity index is 1360. The van der Waals surface area contributed by atoms with E-state index in [-0.39, 0.29) is 40.4 Å². The van der Waals surface area contributed by atoms with Gasteiger partial charge in [0.25, 0.3) is 0 Å². The zero-order valence-corrected chi connectivity index (χ0v) is 21.8. The van der Waals surface area contributed by atoms with Gasteiger partial charge in [-0.15, -0.1) is 0 Å². The molecule has 1 heterocycles. The molecular weight excluding hydrogens is 566 g/mol. The molecule has 1 aliphatic heterocycles. The molecule has 6 atom stereocenters. The number of ketones is 3. The fourth-order valence-electron chi connectivity index (χ4n) is 5.57. The second-order valence-corrected chi connectivity index (χ2v) is 10.5. The average molecular weight is 592 g/mol. The standard InChI is InChI=1S/C26H26BrNO10/c1-9-21(31)12(28)5-16(37-9)38-14-7-26(36,15(30)8-27)6-11-18(14)25(35)20-19(23(11)33)22(32)10-3-2-4-13(29)17(10)24(20)34/h2-4,9,12,14,16,21,29,31,33,35-36H,5-8,28H2,1H3/t9?,12?,14-,16?,21?,26-/m0/s1. The smallest absolute Gasteiger partial charge is 0.202 e. The maximum atomic E-state index is 13.4. The summed E-state index contributed by atoms with van der Waals surface area (Å²) in [6, 6.07) is 3.19. The zero-order chi connectivity index (χ0) is 27.7. The minimum atomic E-state index is -2.06. The summed E-state index contributed by atoms with van der Waals surface area (Å²) in [5.74, 6) is -4.15. The summed E-state index contributed by atoms with van der Waals surface area (Å²) in [5.41, 5.74) is 2.23. The summed E-state index contributed by atoms with van der Waals surface area (Å²) in [6.45, 7) is 1.59. The Morgan fingerprint density at radius 1 is 1.16 bits per heavy atom. The molecule has 0 amide bonds. The molecule has 0 bridgehead atoms. The Morgan fingerprint density at radius 3 is 2.50 bits per heavy atom. The molecule has 0 radical (unpaired) electrons. The Hall–Kier alpha value is -2.87. The molecule has 202 valence electrons. The van der Waals surface area contributed by atoms with Crippen molar-refractivity contribution in [1.82, 2.24) is 0 Å². The molecule has 0 spiro atoms. The van der Waals surface area contributed by atoms with Gasteiger partial charge in [0, 0.05) is 42.0 Å². The number of Topliss-reactive ketones (excluding diaryl/α,β-unsaturated/α-hetero) is 1. The normalized spacial score (nSPS) is 30.4. The first-order valence-electron chi connectivity index (χ1n) is 12.0. The highest BCUT2D eigenvalue weighted by Crippen LogP contribution is 2.52. The van der Waals surface area contributed by atoms with E-state index in [1.54, 1.807) is 6.92 Å². The largest absolute Gasteiger partial charge is 0.507 e. The summed E-state index contributed by atoms with van der Waals surface area (Å²) in [4.78, 5) is 39.5. The molecule has 0 aromatic heterocycles. The average Bonchev–Trinajstić information content (AvgIpc) is 2.86. The van der Waals surface area contributed by atoms with Gasteiger partial charge in [0.15, 0.2) is 17.9 Å². The summed E-state index contributed by atoms with van der Waals surface area (Å²) in [5, 5.41) is 54.2. The van der Waals surface area contributed by atoms with E-state index in [2.05, 4.69) is 15.9 Å². The molecular formula is C26H26BrNO10. The van der Waals surface area contributed by atoms with E-state index in [1.165, 1.54) is 18.2 Å². The van der Waals surface area contributed by atoms with E-state index in [9.17, 15) is 39.9 Å². The minimum absolute atomic E-state index is 0.0402. The quantitative estimate of drug-likeness (QED) is 0.187. The molecule has 3 aliphatic rings. The fraction of sp³-hybridized carbons (Fsp3) is 0.423. The monoisotopic (exact) mass is 591 g/mol. The van der Waals surface area contributed by atoms with Crippen LogP contribution < -0.4 is 5.73 Å². The topological polar surface area (TPSA) is 197 Å². The molecule has 7 N–H and O–H groups in total. The lowest BCUT2D eigenvalue weighted by molar-refractivity contribution is -0.247. The highest BCUT2D eigenvalue weighted by Gasteiger charge is 2.50. The predicted octanol–water partition coefficient (Wildman–Crippen LogP) is 1.10. The minimum Gasteiger partial charge on any atom is -0.507 e. The van der Waals surface area contributed by atoms with Gasteiger partial charge in [0.05, 0.1) is 40.3 Å². The molecule has 0 saturated carbocycles. The van der Waals surface area contributed by atoms with Crippen molar-refractivity contribution in [2.24, 2.45) is 5.73 Å². The van der Waals surface area contributed by atoms with E-state index in [4.69, 9.17) is 15.2 Å². The number of phenols is 3. The summed E-state index contributed by atoms with van der Waals surface area (Å²) in [6.07, 6.45) is -4.77. The third-order valence-corrected chi connectivity index (χ3v) is 8.09. The van der Waals surface area contributed by atoms with Crippen molar-refractivity contribution in [2.45, 2.75) is 62.4 Å². The van der Waals surface area contributed by atoms with E-state index in [0.29, 0.717) is 0 Å². The molecule has 5 rings (SSSR count). The number of alkyl halides is 1. The maximum Gasteiger partial charge on any atom is 0.202 e. The number of nitrogens with two attached hydrogens (primary N) is 1. The number of carbonyl (C=O) groups excluding carboxylic acids is 3. The van der Waals surface area contributed by atoms with Crippen molar-refractivity contribution in [3.05, 3.63) is 51.6 Å². The number of fused-ring (bicyclic) bond motifs is 3. The van der Waals surface area contributed by atoms with Gasteiger partial charge in [0.1, 0.15) is 22.8 Å². The Kier molecular flexibility index (Phi) is 6.61. The van der Waals surface area contributed by atoms with Crippen LogP contribution in [0.2, 0.25) is 0 Å². The first-order valence-corrected chi connectivity index (χ1v) is 13.1. The van der Waals surface area contributed by atoms with E-state index < -0.39 is 88.4 Å². The molecule has 11 nitrogen and oxygen atoms in total. The van der Waals surface area contributed by atoms with Crippen LogP contribution in [0, 0.1) is 0 Å². The van der Waals surface area contributed by atoms with Gasteiger partial charge in [-0.25, -0.2) is 0 Å². The van der Waals surface area contributed by atoms with Crippen LogP contribution in [-0.4, -0.2) is 78.4 Å². The van der Waals surface area contributed by atoms with Crippen LogP contribution in [0.3, 0.4) is 0 Å². The third kappa shape index (κ3) is 3.94. The SMILES string of the molecule is CC1OC(O[C@H]2C[C@](O)(C(=O)CBr)Cc3c(O)c4c(c(O)c32)C(=O)c2c(O)cccc2C4=O)CC(N)C1O. The van der Waals surface area contributed by atoms with Crippen LogP contribution in [0.25, 0.3) is 0 Å². The van der Waals surface area contributed by atoms with Crippen LogP contribution in [0.1, 0.15) is 68.8 Å². The zero-order valence-electron chi connectivity index (χ0n) is 20.2. The number of carbonyl (C=O) groups is 3. The summed E-state index contributed by atoms with van der Waals surface area (Å²) < 4.78 is 11.8. The maximum absolute atomic E-state index is 13.4. The van der Waals surface area contributed by atoms with Gasteiger partial charge >= 0.3 is 0 Å². The van der Waals surface area contributed by atoms with Crippen LogP contribution in [0.4, 0.5) is 0 Å². The van der Waals surface area contributed by atoms with E-state index >= 15 is 0 Å². The van der Waals surface area contributed by atoms with Gasteiger partial charge in [0.2, 0.25) is 5.78 Å². The van der Waals surface area contributed by atoms with Crippen molar-refractivity contribution < 1.29 is 49.4 Å². The number of benzene rings is 2. The number of rotatable bonds is 4. The van der Waals surface area contributed by atoms with Crippen molar-refractivity contribution in [3.8, 4) is 17.2 Å². The van der Waals surface area contributed by atoms with Crippen molar-refractivity contribution in [2.75, 3.05) is 5.33 Å². The molecule has 2 aliphatic carbocycles. The number of hydrogen-bond donors (Lipinski definition) is 6. The van der Waals surface area contributed by atoms with Gasteiger partial charge in [-0.3, -0.25) is 14.4 Å². The first-order chi connectivity index (χ1) is 17.9. The second-order valence-electron chi connectivity index (χ2n) is 9.95. The van der Waals surface area contributed by atoms with Gasteiger partial charge in [-0.2, -0.15) is 0 Å². The predicted molar refractivity (Wildman–Crippen MR) is 134 cm³/mol. The molecule has 4 unspecified atom stereocenters. The van der Waals surface area contributed by atoms with Gasteiger partial charge in [-0.05, 0) is 13.0 Å². The fourth-order valence-corrected chi connectivity index (χ4v) is 6.09. The number of aliphatic hydroxyl groups is 2. The number of aliphatic hydroxyl groups excluding tert-OH is 1. The molecule has 2 aromatic carbocycles. The van der Waals surface area contributed by atoms with E-state index in [1.807, 2.05) is 0 Å². The molecule has 1 fully saturated rings. The number of phenolic OH excluding ortho intramolecular Hbond substituents is 3. The van der Waals surface area contributed by atoms with E-state index in [0.717, 1.165) is 0 Å². The lowest BCUT2D eigenvalue weighted by Crippen LogP contribution is -2.52. The van der Waals surface area contributed by atoms with Gasteiger partial charge < -0.3 is 40.7 Å². The second kappa shape index (κ2) is 9.40. The van der Waals surface area contributed by atoms with Crippen molar-refractivity contribution in [1.29, 1.82) is 0 Å². The molecule has 1 saturated heterocycles. The van der Waals surface area contributed by atoms with Crippen LogP contribution in [0.5, 0.6) is 17.2 Å². The lowest BCUT2D eigenvalue weighted by atomic mass is 9.72. The van der Waals surface area contributed by atoms with Crippen LogP contribution in [0.15, 0.2) is 18.2 Å². The Morgan fingerprint density at radius 2 is 1.84 bits per heavy atom. The first kappa shape index (κ1) is 26.7. The Labute approximate surface area is 224 Å². The molecule has 38 heavy (non-hydrogen) atoms. The lowest BCUT2D eigenvalue weighted by Gasteiger charge is -2.42. The Balaban J connectivity index is 1.68. The molecule has 2 aromatic rings. The number of aromatic hydroxyl groups is 3. The third-order valence-electron chi connectivity index (χ3n) is 7.58.